The van der Waals surface area contributed by atoms with Crippen molar-refractivity contribution in [3.05, 3.63) is 45.7 Å². The lowest BCUT2D eigenvalue weighted by Crippen LogP contribution is -2.09. The van der Waals surface area contributed by atoms with Crippen LogP contribution in [0.1, 0.15) is 30.3 Å². The Bertz CT molecular complexity index is 632. The third kappa shape index (κ3) is 3.94. The van der Waals surface area contributed by atoms with Gasteiger partial charge in [-0.2, -0.15) is 5.10 Å². The lowest BCUT2D eigenvalue weighted by atomic mass is 10.0. The first-order chi connectivity index (χ1) is 10.0. The van der Waals surface area contributed by atoms with Gasteiger partial charge in [0.2, 0.25) is 0 Å². The molecule has 5 heteroatoms. The van der Waals surface area contributed by atoms with Crippen molar-refractivity contribution in [2.24, 2.45) is 7.05 Å². The number of anilines is 1. The molecule has 21 heavy (non-hydrogen) atoms. The first-order valence-electron chi connectivity index (χ1n) is 7.07. The molecule has 0 saturated heterocycles. The SMILES string of the molecule is CCc1nn(C)c(CC(=O)CCc2ccc(N)cc2)c1Br. The third-order valence-corrected chi connectivity index (χ3v) is 4.46. The van der Waals surface area contributed by atoms with Crippen molar-refractivity contribution in [1.29, 1.82) is 0 Å². The predicted octanol–water partition coefficient (Wildman–Crippen LogP) is 3.07. The van der Waals surface area contributed by atoms with Crippen molar-refractivity contribution in [3.63, 3.8) is 0 Å². The van der Waals surface area contributed by atoms with Crippen LogP contribution in [0, 0.1) is 0 Å². The standard InChI is InChI=1S/C16H20BrN3O/c1-3-14-16(17)15(20(2)19-14)10-13(21)9-6-11-4-7-12(18)8-5-11/h4-5,7-8H,3,6,9-10,18H2,1-2H3. The van der Waals surface area contributed by atoms with E-state index in [0.717, 1.165) is 40.0 Å². The maximum absolute atomic E-state index is 12.2. The van der Waals surface area contributed by atoms with E-state index >= 15 is 0 Å². The Hall–Kier alpha value is -1.62. The largest absolute Gasteiger partial charge is 0.399 e. The Balaban J connectivity index is 1.96. The molecule has 0 amide bonds. The number of nitrogens with zero attached hydrogens (tertiary/aromatic N) is 2. The Morgan fingerprint density at radius 2 is 2.00 bits per heavy atom. The smallest absolute Gasteiger partial charge is 0.139 e. The molecule has 0 radical (unpaired) electrons. The molecule has 0 fully saturated rings. The van der Waals surface area contributed by atoms with Crippen LogP contribution in [-0.2, 0) is 31.1 Å². The minimum atomic E-state index is 0.221. The highest BCUT2D eigenvalue weighted by molar-refractivity contribution is 9.10. The number of carbonyl (C=O) groups is 1. The molecule has 2 aromatic rings. The molecule has 1 aromatic carbocycles. The Morgan fingerprint density at radius 1 is 1.33 bits per heavy atom. The number of aryl methyl sites for hydroxylation is 3. The molecular weight excluding hydrogens is 330 g/mol. The number of benzene rings is 1. The highest BCUT2D eigenvalue weighted by Crippen LogP contribution is 2.22. The van der Waals surface area contributed by atoms with E-state index in [0.29, 0.717) is 12.8 Å². The van der Waals surface area contributed by atoms with E-state index in [2.05, 4.69) is 28.0 Å². The molecule has 0 aliphatic carbocycles. The monoisotopic (exact) mass is 349 g/mol. The number of Topliss-reactive ketones (excluding diaryl/α,β-unsaturated/α-hetero) is 1. The van der Waals surface area contributed by atoms with Crippen molar-refractivity contribution in [3.8, 4) is 0 Å². The summed E-state index contributed by atoms with van der Waals surface area (Å²) in [7, 11) is 1.88. The van der Waals surface area contributed by atoms with E-state index in [-0.39, 0.29) is 5.78 Å². The summed E-state index contributed by atoms with van der Waals surface area (Å²) >= 11 is 3.55. The van der Waals surface area contributed by atoms with Gasteiger partial charge in [0.15, 0.2) is 0 Å². The normalized spacial score (nSPS) is 10.8. The van der Waals surface area contributed by atoms with Crippen LogP contribution in [-0.4, -0.2) is 15.6 Å². The fraction of sp³-hybridized carbons (Fsp3) is 0.375. The number of ketones is 1. The average Bonchev–Trinajstić information content (AvgIpc) is 2.74. The summed E-state index contributed by atoms with van der Waals surface area (Å²) in [5.41, 5.74) is 9.48. The average molecular weight is 350 g/mol. The summed E-state index contributed by atoms with van der Waals surface area (Å²) in [5.74, 6) is 0.221. The van der Waals surface area contributed by atoms with Gasteiger partial charge >= 0.3 is 0 Å². The van der Waals surface area contributed by atoms with Crippen LogP contribution < -0.4 is 5.73 Å². The highest BCUT2D eigenvalue weighted by Gasteiger charge is 2.15. The zero-order chi connectivity index (χ0) is 15.4. The molecular formula is C16H20BrN3O. The fourth-order valence-corrected chi connectivity index (χ4v) is 3.01. The number of rotatable bonds is 6. The van der Waals surface area contributed by atoms with Crippen molar-refractivity contribution in [2.45, 2.75) is 32.6 Å². The van der Waals surface area contributed by atoms with Crippen LogP contribution >= 0.6 is 15.9 Å². The topological polar surface area (TPSA) is 60.9 Å². The maximum atomic E-state index is 12.2. The summed E-state index contributed by atoms with van der Waals surface area (Å²) in [6.45, 7) is 2.06. The lowest BCUT2D eigenvalue weighted by Gasteiger charge is -2.04. The van der Waals surface area contributed by atoms with Crippen molar-refractivity contribution < 1.29 is 4.79 Å². The van der Waals surface area contributed by atoms with E-state index < -0.39 is 0 Å². The van der Waals surface area contributed by atoms with E-state index in [4.69, 9.17) is 5.73 Å². The Labute approximate surface area is 133 Å². The van der Waals surface area contributed by atoms with Crippen LogP contribution in [0.5, 0.6) is 0 Å². The summed E-state index contributed by atoms with van der Waals surface area (Å²) < 4.78 is 2.76. The van der Waals surface area contributed by atoms with Crippen molar-refractivity contribution in [2.75, 3.05) is 5.73 Å². The molecule has 1 heterocycles. The molecule has 112 valence electrons. The summed E-state index contributed by atoms with van der Waals surface area (Å²) in [6, 6.07) is 7.67. The zero-order valence-electron chi connectivity index (χ0n) is 12.4. The molecule has 0 saturated carbocycles. The molecule has 0 unspecified atom stereocenters. The number of hydrogen-bond donors (Lipinski definition) is 1. The molecule has 0 aliphatic heterocycles. The molecule has 2 N–H and O–H groups in total. The van der Waals surface area contributed by atoms with E-state index in [1.54, 1.807) is 4.68 Å². The summed E-state index contributed by atoms with van der Waals surface area (Å²) in [5, 5.41) is 4.41. The predicted molar refractivity (Wildman–Crippen MR) is 88.2 cm³/mol. The van der Waals surface area contributed by atoms with Gasteiger partial charge in [-0.25, -0.2) is 0 Å². The fourth-order valence-electron chi connectivity index (χ4n) is 2.26. The van der Waals surface area contributed by atoms with Gasteiger partial charge in [0, 0.05) is 25.6 Å². The Kier molecular flexibility index (Phi) is 5.17. The molecule has 0 bridgehead atoms. The van der Waals surface area contributed by atoms with Crippen LogP contribution in [0.2, 0.25) is 0 Å². The first-order valence-corrected chi connectivity index (χ1v) is 7.87. The van der Waals surface area contributed by atoms with Gasteiger partial charge in [-0.1, -0.05) is 19.1 Å². The third-order valence-electron chi connectivity index (χ3n) is 3.54. The number of carbonyl (C=O) groups excluding carboxylic acids is 1. The molecule has 0 atom stereocenters. The minimum absolute atomic E-state index is 0.221. The molecule has 2 rings (SSSR count). The second-order valence-corrected chi connectivity index (χ2v) is 5.93. The van der Waals surface area contributed by atoms with Crippen LogP contribution in [0.25, 0.3) is 0 Å². The van der Waals surface area contributed by atoms with Gasteiger partial charge < -0.3 is 5.73 Å². The van der Waals surface area contributed by atoms with Gasteiger partial charge in [0.1, 0.15) is 5.78 Å². The summed E-state index contributed by atoms with van der Waals surface area (Å²) in [6.07, 6.45) is 2.55. The van der Waals surface area contributed by atoms with E-state index in [1.807, 2.05) is 31.3 Å². The quantitative estimate of drug-likeness (QED) is 0.815. The van der Waals surface area contributed by atoms with Crippen LogP contribution in [0.3, 0.4) is 0 Å². The van der Waals surface area contributed by atoms with E-state index in [1.165, 1.54) is 0 Å². The number of hydrogen-bond acceptors (Lipinski definition) is 3. The maximum Gasteiger partial charge on any atom is 0.139 e. The second-order valence-electron chi connectivity index (χ2n) is 5.14. The number of halogens is 1. The molecule has 0 spiro atoms. The van der Waals surface area contributed by atoms with Gasteiger partial charge in [-0.3, -0.25) is 9.48 Å². The molecule has 0 aliphatic rings. The van der Waals surface area contributed by atoms with Gasteiger partial charge in [-0.15, -0.1) is 0 Å². The van der Waals surface area contributed by atoms with E-state index in [9.17, 15) is 4.79 Å². The first kappa shape index (κ1) is 15.8. The second kappa shape index (κ2) is 6.89. The van der Waals surface area contributed by atoms with Crippen molar-refractivity contribution >= 4 is 27.4 Å². The summed E-state index contributed by atoms with van der Waals surface area (Å²) in [4.78, 5) is 12.2. The van der Waals surface area contributed by atoms with Crippen LogP contribution in [0.4, 0.5) is 5.69 Å². The molecule has 1 aromatic heterocycles. The van der Waals surface area contributed by atoms with Crippen molar-refractivity contribution in [1.82, 2.24) is 9.78 Å². The highest BCUT2D eigenvalue weighted by atomic mass is 79.9. The number of nitrogens with two attached hydrogens (primary N) is 1. The van der Waals surface area contributed by atoms with Crippen LogP contribution in [0.15, 0.2) is 28.7 Å². The minimum Gasteiger partial charge on any atom is -0.399 e. The van der Waals surface area contributed by atoms with Gasteiger partial charge in [0.25, 0.3) is 0 Å². The molecule has 4 nitrogen and oxygen atoms in total. The van der Waals surface area contributed by atoms with Gasteiger partial charge in [-0.05, 0) is 46.5 Å². The Morgan fingerprint density at radius 3 is 2.57 bits per heavy atom. The number of nitrogen functional groups attached to an aromatic ring is 1. The zero-order valence-corrected chi connectivity index (χ0v) is 14.0. The lowest BCUT2D eigenvalue weighted by molar-refractivity contribution is -0.118. The number of aromatic nitrogens is 2. The van der Waals surface area contributed by atoms with Gasteiger partial charge in [0.05, 0.1) is 15.9 Å².